The molecule has 4 rings (SSSR count). The van der Waals surface area contributed by atoms with E-state index in [4.69, 9.17) is 4.74 Å². The lowest BCUT2D eigenvalue weighted by Crippen LogP contribution is -2.40. The van der Waals surface area contributed by atoms with E-state index in [9.17, 15) is 14.4 Å². The molecule has 0 spiro atoms. The topological polar surface area (TPSA) is 106 Å². The Kier molecular flexibility index (Phi) is 6.27. The van der Waals surface area contributed by atoms with E-state index in [2.05, 4.69) is 20.6 Å². The molecule has 2 aliphatic rings. The third-order valence-corrected chi connectivity index (χ3v) is 6.17. The monoisotopic (exact) mass is 439 g/mol. The number of carbonyl (C=O) groups excluding carboxylic acids is 3. The van der Waals surface area contributed by atoms with Gasteiger partial charge in [0.25, 0.3) is 5.91 Å². The molecule has 1 saturated heterocycles. The van der Waals surface area contributed by atoms with Gasteiger partial charge in [-0.3, -0.25) is 24.0 Å². The number of hydrogen-bond acceptors (Lipinski definition) is 6. The molecule has 9 nitrogen and oxygen atoms in total. The first-order valence-electron chi connectivity index (χ1n) is 11.0. The van der Waals surface area contributed by atoms with Crippen molar-refractivity contribution in [2.24, 2.45) is 5.92 Å². The predicted molar refractivity (Wildman–Crippen MR) is 120 cm³/mol. The molecule has 0 unspecified atom stereocenters. The number of carbonyl (C=O) groups is 3. The van der Waals surface area contributed by atoms with Gasteiger partial charge in [0.05, 0.1) is 29.3 Å². The average molecular weight is 440 g/mol. The molecule has 0 atom stereocenters. The smallest absolute Gasteiger partial charge is 0.262 e. The Morgan fingerprint density at radius 2 is 2.00 bits per heavy atom. The van der Waals surface area contributed by atoms with Crippen LogP contribution in [0.4, 0.5) is 11.4 Å². The van der Waals surface area contributed by atoms with E-state index in [1.165, 1.54) is 0 Å². The van der Waals surface area contributed by atoms with E-state index in [0.29, 0.717) is 49.5 Å². The van der Waals surface area contributed by atoms with Gasteiger partial charge in [-0.1, -0.05) is 0 Å². The van der Waals surface area contributed by atoms with Crippen LogP contribution in [-0.4, -0.2) is 58.5 Å². The van der Waals surface area contributed by atoms with Gasteiger partial charge in [-0.2, -0.15) is 5.10 Å². The third kappa shape index (κ3) is 4.52. The fourth-order valence-electron chi connectivity index (χ4n) is 4.39. The molecule has 2 aromatic rings. The van der Waals surface area contributed by atoms with Gasteiger partial charge in [0.1, 0.15) is 5.75 Å². The van der Waals surface area contributed by atoms with E-state index in [-0.39, 0.29) is 30.1 Å². The minimum atomic E-state index is -0.221. The quantitative estimate of drug-likeness (QED) is 0.670. The zero-order valence-electron chi connectivity index (χ0n) is 18.7. The number of piperidine rings is 1. The molecular formula is C23H29N5O4. The molecule has 32 heavy (non-hydrogen) atoms. The van der Waals surface area contributed by atoms with Crippen LogP contribution >= 0.6 is 0 Å². The second-order valence-electron chi connectivity index (χ2n) is 8.37. The van der Waals surface area contributed by atoms with Crippen LogP contribution in [0.25, 0.3) is 0 Å². The van der Waals surface area contributed by atoms with Gasteiger partial charge in [-0.25, -0.2) is 0 Å². The lowest BCUT2D eigenvalue weighted by atomic mass is 9.88. The van der Waals surface area contributed by atoms with Crippen LogP contribution in [0.15, 0.2) is 18.2 Å². The summed E-state index contributed by atoms with van der Waals surface area (Å²) in [6, 6.07) is 5.17. The number of benzene rings is 1. The van der Waals surface area contributed by atoms with Crippen molar-refractivity contribution < 1.29 is 19.1 Å². The first-order chi connectivity index (χ1) is 15.4. The van der Waals surface area contributed by atoms with Crippen molar-refractivity contribution in [2.45, 2.75) is 40.2 Å². The highest BCUT2D eigenvalue weighted by Crippen LogP contribution is 2.31. The number of nitrogens with one attached hydrogen (secondary N) is 2. The number of Topliss-reactive ketones (excluding diaryl/α,β-unsaturated/α-hetero) is 1. The Balaban J connectivity index is 1.31. The minimum absolute atomic E-state index is 0.00753. The van der Waals surface area contributed by atoms with Crippen molar-refractivity contribution >= 4 is 29.0 Å². The van der Waals surface area contributed by atoms with Crippen LogP contribution in [0, 0.1) is 19.8 Å². The molecule has 1 aromatic heterocycles. The van der Waals surface area contributed by atoms with Gasteiger partial charge in [0.2, 0.25) is 5.91 Å². The Morgan fingerprint density at radius 3 is 2.69 bits per heavy atom. The highest BCUT2D eigenvalue weighted by molar-refractivity contribution is 6.01. The lowest BCUT2D eigenvalue weighted by Gasteiger charge is -2.31. The van der Waals surface area contributed by atoms with E-state index in [1.807, 2.05) is 25.5 Å². The summed E-state index contributed by atoms with van der Waals surface area (Å²) in [6.45, 7) is 8.27. The molecule has 2 aliphatic heterocycles. The molecule has 170 valence electrons. The van der Waals surface area contributed by atoms with Crippen LogP contribution in [-0.2, 0) is 16.1 Å². The van der Waals surface area contributed by atoms with E-state index in [1.54, 1.807) is 18.2 Å². The normalized spacial score (nSPS) is 16.8. The predicted octanol–water partition coefficient (Wildman–Crippen LogP) is 2.38. The number of aryl methyl sites for hydroxylation is 2. The lowest BCUT2D eigenvalue weighted by molar-refractivity contribution is -0.119. The maximum absolute atomic E-state index is 13.0. The number of aromatic nitrogens is 2. The second kappa shape index (κ2) is 9.12. The highest BCUT2D eigenvalue weighted by atomic mass is 16.5. The van der Waals surface area contributed by atoms with E-state index in [0.717, 1.165) is 23.6 Å². The average Bonchev–Trinajstić information content (AvgIpc) is 3.06. The van der Waals surface area contributed by atoms with E-state index < -0.39 is 0 Å². The summed E-state index contributed by atoms with van der Waals surface area (Å²) in [4.78, 5) is 39.2. The summed E-state index contributed by atoms with van der Waals surface area (Å²) in [5, 5.41) is 10.2. The Morgan fingerprint density at radius 1 is 1.25 bits per heavy atom. The molecule has 3 heterocycles. The number of rotatable bonds is 6. The number of nitrogens with zero attached hydrogens (tertiary/aromatic N) is 3. The summed E-state index contributed by atoms with van der Waals surface area (Å²) in [5.74, 6) is 0.259. The number of hydrogen-bond donors (Lipinski definition) is 2. The van der Waals surface area contributed by atoms with Crippen LogP contribution in [0.2, 0.25) is 0 Å². The van der Waals surface area contributed by atoms with Crippen molar-refractivity contribution in [1.29, 1.82) is 0 Å². The SMILES string of the molecule is CCn1nc(C)c(NC(=O)CN2CCC(C(=O)c3ccc4c(c3)NC(=O)CO4)CC2)c1C. The van der Waals surface area contributed by atoms with Gasteiger partial charge < -0.3 is 15.4 Å². The second-order valence-corrected chi connectivity index (χ2v) is 8.37. The number of ether oxygens (including phenoxy) is 1. The van der Waals surface area contributed by atoms with Gasteiger partial charge in [-0.05, 0) is 64.9 Å². The number of anilines is 2. The van der Waals surface area contributed by atoms with Crippen LogP contribution in [0.5, 0.6) is 5.75 Å². The summed E-state index contributed by atoms with van der Waals surface area (Å²) < 4.78 is 7.23. The number of fused-ring (bicyclic) bond motifs is 1. The Hall–Kier alpha value is -3.20. The summed E-state index contributed by atoms with van der Waals surface area (Å²) in [5.41, 5.74) is 3.66. The zero-order valence-corrected chi connectivity index (χ0v) is 18.7. The van der Waals surface area contributed by atoms with Gasteiger partial charge in [-0.15, -0.1) is 0 Å². The number of likely N-dealkylation sites (tertiary alicyclic amines) is 1. The van der Waals surface area contributed by atoms with Crippen molar-refractivity contribution in [1.82, 2.24) is 14.7 Å². The molecule has 0 aliphatic carbocycles. The molecule has 2 N–H and O–H groups in total. The number of ketones is 1. The standard InChI is InChI=1S/C23H29N5O4/c1-4-28-15(3)22(14(2)26-28)25-20(29)12-27-9-7-16(8-10-27)23(31)17-5-6-19-18(11-17)24-21(30)13-32-19/h5-6,11,16H,4,7-10,12-13H2,1-3H3,(H,24,30)(H,25,29). The van der Waals surface area contributed by atoms with Gasteiger partial charge in [0, 0.05) is 18.0 Å². The number of amides is 2. The molecule has 9 heteroatoms. The van der Waals surface area contributed by atoms with Crippen LogP contribution < -0.4 is 15.4 Å². The van der Waals surface area contributed by atoms with Crippen LogP contribution in [0.1, 0.15) is 41.5 Å². The summed E-state index contributed by atoms with van der Waals surface area (Å²) in [6.07, 6.45) is 1.38. The molecule has 1 aromatic carbocycles. The summed E-state index contributed by atoms with van der Waals surface area (Å²) >= 11 is 0. The molecule has 0 bridgehead atoms. The third-order valence-electron chi connectivity index (χ3n) is 6.17. The minimum Gasteiger partial charge on any atom is -0.482 e. The maximum atomic E-state index is 13.0. The van der Waals surface area contributed by atoms with E-state index >= 15 is 0 Å². The maximum Gasteiger partial charge on any atom is 0.262 e. The molecule has 1 fully saturated rings. The largest absolute Gasteiger partial charge is 0.482 e. The van der Waals surface area contributed by atoms with Crippen molar-refractivity contribution in [2.75, 3.05) is 36.9 Å². The van der Waals surface area contributed by atoms with Crippen LogP contribution in [0.3, 0.4) is 0 Å². The van der Waals surface area contributed by atoms with Gasteiger partial charge in [0.15, 0.2) is 12.4 Å². The molecule has 0 saturated carbocycles. The highest BCUT2D eigenvalue weighted by Gasteiger charge is 2.28. The molecule has 0 radical (unpaired) electrons. The fraction of sp³-hybridized carbons (Fsp3) is 0.478. The first kappa shape index (κ1) is 22.0. The fourth-order valence-corrected chi connectivity index (χ4v) is 4.39. The molecular weight excluding hydrogens is 410 g/mol. The Bertz CT molecular complexity index is 1050. The first-order valence-corrected chi connectivity index (χ1v) is 11.0. The van der Waals surface area contributed by atoms with Gasteiger partial charge >= 0.3 is 0 Å². The summed E-state index contributed by atoms with van der Waals surface area (Å²) in [7, 11) is 0. The van der Waals surface area contributed by atoms with Crippen molar-refractivity contribution in [3.63, 3.8) is 0 Å². The molecule has 2 amide bonds. The zero-order chi connectivity index (χ0) is 22.8. The van der Waals surface area contributed by atoms with Crippen molar-refractivity contribution in [3.05, 3.63) is 35.2 Å². The van der Waals surface area contributed by atoms with Crippen molar-refractivity contribution in [3.8, 4) is 5.75 Å². The Labute approximate surface area is 187 Å².